The number of hydrogen-bond donors (Lipinski definition) is 4. The molecule has 0 unspecified atom stereocenters. The monoisotopic (exact) mass is 369 g/mol. The number of carbonyl (C=O) groups is 1. The lowest BCUT2D eigenvalue weighted by atomic mass is 10.2. The number of methoxy groups -OCH3 is 1. The zero-order valence-electron chi connectivity index (χ0n) is 14.2. The fraction of sp³-hybridized carbons (Fsp3) is 0.0556. The zero-order chi connectivity index (χ0) is 19.4. The van der Waals surface area contributed by atoms with Crippen molar-refractivity contribution in [3.05, 3.63) is 60.0 Å². The predicted octanol–water partition coefficient (Wildman–Crippen LogP) is 3.39. The fourth-order valence-corrected chi connectivity index (χ4v) is 2.33. The highest BCUT2D eigenvalue weighted by Crippen LogP contribution is 2.26. The van der Waals surface area contributed by atoms with Crippen molar-refractivity contribution in [2.45, 2.75) is 0 Å². The van der Waals surface area contributed by atoms with Crippen LogP contribution < -0.4 is 21.1 Å². The van der Waals surface area contributed by atoms with E-state index in [2.05, 4.69) is 20.6 Å². The van der Waals surface area contributed by atoms with Gasteiger partial charge in [0.05, 0.1) is 19.0 Å². The first-order chi connectivity index (χ1) is 13.0. The van der Waals surface area contributed by atoms with Crippen molar-refractivity contribution in [3.63, 3.8) is 0 Å². The molecule has 2 aromatic carbocycles. The Hall–Kier alpha value is -3.88. The van der Waals surface area contributed by atoms with E-state index in [1.54, 1.807) is 18.2 Å². The highest BCUT2D eigenvalue weighted by Gasteiger charge is 2.12. The Morgan fingerprint density at radius 2 is 1.96 bits per heavy atom. The first-order valence-corrected chi connectivity index (χ1v) is 7.79. The highest BCUT2D eigenvalue weighted by atomic mass is 19.1. The minimum Gasteiger partial charge on any atom is -0.496 e. The van der Waals surface area contributed by atoms with Crippen molar-refractivity contribution in [1.29, 1.82) is 0 Å². The second kappa shape index (κ2) is 7.56. The Bertz CT molecular complexity index is 996. The third kappa shape index (κ3) is 4.21. The van der Waals surface area contributed by atoms with E-state index < -0.39 is 11.8 Å². The van der Waals surface area contributed by atoms with Crippen LogP contribution in [0.15, 0.2) is 48.7 Å². The molecule has 0 aliphatic rings. The van der Waals surface area contributed by atoms with Crippen LogP contribution in [-0.2, 0) is 0 Å². The molecule has 0 saturated heterocycles. The Morgan fingerprint density at radius 1 is 1.19 bits per heavy atom. The van der Waals surface area contributed by atoms with E-state index in [9.17, 15) is 9.18 Å². The molecule has 9 heteroatoms. The van der Waals surface area contributed by atoms with Crippen LogP contribution >= 0.6 is 0 Å². The number of benzene rings is 2. The lowest BCUT2D eigenvalue weighted by molar-refractivity contribution is 0.0693. The molecular formula is C18H16FN5O3. The Labute approximate surface area is 153 Å². The molecule has 3 rings (SSSR count). The van der Waals surface area contributed by atoms with Gasteiger partial charge in [0, 0.05) is 17.4 Å². The first kappa shape index (κ1) is 17.9. The molecule has 0 saturated carbocycles. The summed E-state index contributed by atoms with van der Waals surface area (Å²) in [5.41, 5.74) is 7.20. The lowest BCUT2D eigenvalue weighted by Gasteiger charge is -2.12. The molecule has 0 aliphatic carbocycles. The highest BCUT2D eigenvalue weighted by molar-refractivity contribution is 5.91. The maximum atomic E-state index is 13.3. The number of aromatic carboxylic acids is 1. The van der Waals surface area contributed by atoms with Gasteiger partial charge in [0.15, 0.2) is 5.82 Å². The number of ether oxygens (including phenoxy) is 1. The molecule has 3 aromatic rings. The molecule has 0 radical (unpaired) electrons. The molecule has 1 aromatic heterocycles. The maximum absolute atomic E-state index is 13.3. The lowest BCUT2D eigenvalue weighted by Crippen LogP contribution is -2.05. The minimum atomic E-state index is -1.09. The van der Waals surface area contributed by atoms with Crippen LogP contribution in [-0.4, -0.2) is 28.2 Å². The largest absolute Gasteiger partial charge is 0.496 e. The van der Waals surface area contributed by atoms with E-state index in [1.807, 2.05) is 0 Å². The minimum absolute atomic E-state index is 0.0368. The normalized spacial score (nSPS) is 10.3. The van der Waals surface area contributed by atoms with Gasteiger partial charge in [-0.1, -0.05) is 6.07 Å². The molecule has 0 spiro atoms. The van der Waals surface area contributed by atoms with Gasteiger partial charge in [-0.15, -0.1) is 0 Å². The number of nitrogen functional groups attached to an aromatic ring is 1. The number of nitrogens with one attached hydrogen (secondary N) is 2. The molecule has 27 heavy (non-hydrogen) atoms. The summed E-state index contributed by atoms with van der Waals surface area (Å²) in [6.07, 6.45) is 1.40. The van der Waals surface area contributed by atoms with Crippen LogP contribution in [0.3, 0.4) is 0 Å². The van der Waals surface area contributed by atoms with Crippen molar-refractivity contribution < 1.29 is 19.0 Å². The van der Waals surface area contributed by atoms with E-state index in [-0.39, 0.29) is 22.9 Å². The second-order valence-corrected chi connectivity index (χ2v) is 5.48. The standard InChI is InChI=1S/C18H16FN5O3/c1-27-15-8-12(5-6-13(15)17(25)26)23-18-21-9-14(20)16(24-18)22-11-4-2-3-10(19)7-11/h2-9H,20H2,1H3,(H,25,26)(H2,21,22,23,24). The number of anilines is 5. The summed E-state index contributed by atoms with van der Waals surface area (Å²) in [4.78, 5) is 19.5. The number of halogens is 1. The van der Waals surface area contributed by atoms with E-state index in [0.717, 1.165) is 0 Å². The quantitative estimate of drug-likeness (QED) is 0.521. The van der Waals surface area contributed by atoms with Crippen LogP contribution in [0, 0.1) is 5.82 Å². The molecule has 0 atom stereocenters. The SMILES string of the molecule is COc1cc(Nc2ncc(N)c(Nc3cccc(F)c3)n2)ccc1C(=O)O. The van der Waals surface area contributed by atoms with Crippen LogP contribution in [0.2, 0.25) is 0 Å². The topological polar surface area (TPSA) is 122 Å². The summed E-state index contributed by atoms with van der Waals surface area (Å²) in [6.45, 7) is 0. The van der Waals surface area contributed by atoms with Gasteiger partial charge in [-0.05, 0) is 30.3 Å². The van der Waals surface area contributed by atoms with Crippen LogP contribution in [0.25, 0.3) is 0 Å². The number of nitrogens with two attached hydrogens (primary N) is 1. The molecule has 5 N–H and O–H groups in total. The number of carboxylic acids is 1. The summed E-state index contributed by atoms with van der Waals surface area (Å²) in [5.74, 6) is -0.776. The number of aromatic nitrogens is 2. The van der Waals surface area contributed by atoms with E-state index in [4.69, 9.17) is 15.6 Å². The van der Waals surface area contributed by atoms with Crippen LogP contribution in [0.4, 0.5) is 33.2 Å². The Balaban J connectivity index is 1.85. The van der Waals surface area contributed by atoms with Crippen LogP contribution in [0.5, 0.6) is 5.75 Å². The molecule has 0 aliphatic heterocycles. The van der Waals surface area contributed by atoms with Crippen molar-refractivity contribution in [3.8, 4) is 5.75 Å². The van der Waals surface area contributed by atoms with Gasteiger partial charge in [0.1, 0.15) is 17.1 Å². The van der Waals surface area contributed by atoms with Crippen molar-refractivity contribution in [2.24, 2.45) is 0 Å². The molecule has 8 nitrogen and oxygen atoms in total. The third-order valence-electron chi connectivity index (χ3n) is 3.59. The van der Waals surface area contributed by atoms with E-state index >= 15 is 0 Å². The molecule has 1 heterocycles. The van der Waals surface area contributed by atoms with Gasteiger partial charge >= 0.3 is 5.97 Å². The summed E-state index contributed by atoms with van der Waals surface area (Å²) in [6, 6.07) is 10.4. The van der Waals surface area contributed by atoms with Gasteiger partial charge in [0.25, 0.3) is 0 Å². The fourth-order valence-electron chi connectivity index (χ4n) is 2.33. The van der Waals surface area contributed by atoms with Gasteiger partial charge in [-0.25, -0.2) is 14.2 Å². The second-order valence-electron chi connectivity index (χ2n) is 5.48. The van der Waals surface area contributed by atoms with E-state index in [1.165, 1.54) is 37.6 Å². The molecule has 138 valence electrons. The summed E-state index contributed by atoms with van der Waals surface area (Å²) in [5, 5.41) is 15.0. The molecular weight excluding hydrogens is 353 g/mol. The van der Waals surface area contributed by atoms with E-state index in [0.29, 0.717) is 17.2 Å². The Kier molecular flexibility index (Phi) is 5.02. The predicted molar refractivity (Wildman–Crippen MR) is 99.4 cm³/mol. The van der Waals surface area contributed by atoms with Gasteiger partial charge in [-0.3, -0.25) is 0 Å². The average Bonchev–Trinajstić information content (AvgIpc) is 2.64. The summed E-state index contributed by atoms with van der Waals surface area (Å²) < 4.78 is 18.4. The zero-order valence-corrected chi connectivity index (χ0v) is 14.2. The average molecular weight is 369 g/mol. The van der Waals surface area contributed by atoms with Gasteiger partial charge in [-0.2, -0.15) is 4.98 Å². The number of rotatable bonds is 6. The molecule has 0 fully saturated rings. The summed E-state index contributed by atoms with van der Waals surface area (Å²) in [7, 11) is 1.38. The third-order valence-corrected chi connectivity index (χ3v) is 3.59. The van der Waals surface area contributed by atoms with Crippen molar-refractivity contribution >= 4 is 34.8 Å². The number of nitrogens with zero attached hydrogens (tertiary/aromatic N) is 2. The number of hydrogen-bond acceptors (Lipinski definition) is 7. The van der Waals surface area contributed by atoms with Crippen molar-refractivity contribution in [2.75, 3.05) is 23.5 Å². The molecule has 0 amide bonds. The maximum Gasteiger partial charge on any atom is 0.339 e. The molecule has 0 bridgehead atoms. The van der Waals surface area contributed by atoms with Crippen molar-refractivity contribution in [1.82, 2.24) is 9.97 Å². The Morgan fingerprint density at radius 3 is 2.67 bits per heavy atom. The number of carboxylic acid groups (broad SMARTS) is 1. The van der Waals surface area contributed by atoms with Crippen LogP contribution in [0.1, 0.15) is 10.4 Å². The summed E-state index contributed by atoms with van der Waals surface area (Å²) >= 11 is 0. The first-order valence-electron chi connectivity index (χ1n) is 7.79. The van der Waals surface area contributed by atoms with Gasteiger partial charge < -0.3 is 26.2 Å². The van der Waals surface area contributed by atoms with Gasteiger partial charge in [0.2, 0.25) is 5.95 Å². The smallest absolute Gasteiger partial charge is 0.339 e.